The van der Waals surface area contributed by atoms with Crippen molar-refractivity contribution in [1.29, 1.82) is 0 Å². The molecule has 2 aliphatic heterocycles. The van der Waals surface area contributed by atoms with Gasteiger partial charge in [-0.15, -0.1) is 0 Å². The van der Waals surface area contributed by atoms with E-state index in [1.807, 2.05) is 24.3 Å². The maximum absolute atomic E-state index is 12.7. The normalized spacial score (nSPS) is 18.7. The monoisotopic (exact) mass is 392 g/mol. The average Bonchev–Trinajstić information content (AvgIpc) is 2.75. The second kappa shape index (κ2) is 8.85. The van der Waals surface area contributed by atoms with E-state index in [4.69, 9.17) is 0 Å². The predicted octanol–water partition coefficient (Wildman–Crippen LogP) is 4.81. The Morgan fingerprint density at radius 2 is 1.41 bits per heavy atom. The Kier molecular flexibility index (Phi) is 6.02. The van der Waals surface area contributed by atoms with E-state index in [-0.39, 0.29) is 5.91 Å². The van der Waals surface area contributed by atoms with Crippen LogP contribution in [0.1, 0.15) is 50.0 Å². The molecule has 0 bridgehead atoms. The van der Waals surface area contributed by atoms with Crippen LogP contribution in [0.4, 0.5) is 17.1 Å². The highest BCUT2D eigenvalue weighted by Crippen LogP contribution is 2.25. The van der Waals surface area contributed by atoms with Crippen LogP contribution in [0.15, 0.2) is 42.6 Å². The molecule has 5 nitrogen and oxygen atoms in total. The van der Waals surface area contributed by atoms with Gasteiger partial charge in [0, 0.05) is 49.4 Å². The zero-order valence-corrected chi connectivity index (χ0v) is 17.6. The molecular formula is C24H32N4O. The van der Waals surface area contributed by atoms with E-state index in [1.165, 1.54) is 31.4 Å². The fraction of sp³-hybridized carbons (Fsp3) is 0.500. The van der Waals surface area contributed by atoms with E-state index < -0.39 is 0 Å². The molecule has 1 N–H and O–H groups in total. The van der Waals surface area contributed by atoms with Crippen molar-refractivity contribution in [2.24, 2.45) is 11.8 Å². The summed E-state index contributed by atoms with van der Waals surface area (Å²) in [4.78, 5) is 21.8. The summed E-state index contributed by atoms with van der Waals surface area (Å²) in [6.45, 7) is 8.94. The zero-order valence-electron chi connectivity index (χ0n) is 17.6. The largest absolute Gasteiger partial charge is 0.372 e. The van der Waals surface area contributed by atoms with E-state index >= 15 is 0 Å². The van der Waals surface area contributed by atoms with Gasteiger partial charge in [0.1, 0.15) is 5.69 Å². The maximum atomic E-state index is 12.7. The number of benzene rings is 1. The molecule has 0 atom stereocenters. The second-order valence-electron chi connectivity index (χ2n) is 8.74. The van der Waals surface area contributed by atoms with Gasteiger partial charge in [-0.3, -0.25) is 9.78 Å². The Balaban J connectivity index is 1.38. The summed E-state index contributed by atoms with van der Waals surface area (Å²) < 4.78 is 0. The summed E-state index contributed by atoms with van der Waals surface area (Å²) in [7, 11) is 0. The van der Waals surface area contributed by atoms with Gasteiger partial charge in [0.15, 0.2) is 0 Å². The van der Waals surface area contributed by atoms with E-state index in [9.17, 15) is 4.79 Å². The number of rotatable bonds is 4. The molecular weight excluding hydrogens is 360 g/mol. The van der Waals surface area contributed by atoms with Crippen LogP contribution in [-0.4, -0.2) is 37.1 Å². The molecule has 2 saturated heterocycles. The van der Waals surface area contributed by atoms with Crippen molar-refractivity contribution in [3.05, 3.63) is 48.3 Å². The van der Waals surface area contributed by atoms with Gasteiger partial charge >= 0.3 is 0 Å². The van der Waals surface area contributed by atoms with E-state index in [0.717, 1.165) is 49.4 Å². The molecule has 3 heterocycles. The van der Waals surface area contributed by atoms with Crippen LogP contribution in [0.5, 0.6) is 0 Å². The molecule has 0 saturated carbocycles. The molecule has 0 spiro atoms. The lowest BCUT2D eigenvalue weighted by Gasteiger charge is -2.32. The standard InChI is InChI=1S/C24H32N4O/c1-18-8-13-27(14-9-18)21-5-3-20(4-6-21)26-24(29)23-17-22(7-12-25-23)28-15-10-19(2)11-16-28/h3-7,12,17-19H,8-11,13-16H2,1-2H3,(H,26,29). The number of carbonyl (C=O) groups is 1. The zero-order chi connectivity index (χ0) is 20.2. The summed E-state index contributed by atoms with van der Waals surface area (Å²) in [5, 5.41) is 2.99. The first-order chi connectivity index (χ1) is 14.1. The minimum atomic E-state index is -0.156. The van der Waals surface area contributed by atoms with E-state index in [2.05, 4.69) is 46.1 Å². The van der Waals surface area contributed by atoms with Gasteiger partial charge in [0.2, 0.25) is 0 Å². The molecule has 0 aliphatic carbocycles. The third-order valence-electron chi connectivity index (χ3n) is 6.40. The number of hydrogen-bond acceptors (Lipinski definition) is 4. The summed E-state index contributed by atoms with van der Waals surface area (Å²) in [5.41, 5.74) is 3.60. The molecule has 1 aromatic carbocycles. The van der Waals surface area contributed by atoms with Gasteiger partial charge in [-0.05, 0) is 73.9 Å². The number of piperidine rings is 2. The van der Waals surface area contributed by atoms with Crippen molar-refractivity contribution < 1.29 is 4.79 Å². The molecule has 0 unspecified atom stereocenters. The van der Waals surface area contributed by atoms with Crippen molar-refractivity contribution in [1.82, 2.24) is 4.98 Å². The van der Waals surface area contributed by atoms with E-state index in [1.54, 1.807) is 6.20 Å². The minimum Gasteiger partial charge on any atom is -0.372 e. The lowest BCUT2D eigenvalue weighted by molar-refractivity contribution is 0.102. The second-order valence-corrected chi connectivity index (χ2v) is 8.74. The van der Waals surface area contributed by atoms with E-state index in [0.29, 0.717) is 5.69 Å². The van der Waals surface area contributed by atoms with Gasteiger partial charge in [0.05, 0.1) is 0 Å². The van der Waals surface area contributed by atoms with Crippen LogP contribution < -0.4 is 15.1 Å². The lowest BCUT2D eigenvalue weighted by atomic mass is 9.99. The third-order valence-corrected chi connectivity index (χ3v) is 6.40. The quantitative estimate of drug-likeness (QED) is 0.811. The van der Waals surface area contributed by atoms with Crippen molar-refractivity contribution >= 4 is 23.0 Å². The first kappa shape index (κ1) is 19.7. The highest BCUT2D eigenvalue weighted by atomic mass is 16.1. The Labute approximate surface area is 174 Å². The molecule has 5 heteroatoms. The van der Waals surface area contributed by atoms with Crippen molar-refractivity contribution in [3.63, 3.8) is 0 Å². The SMILES string of the molecule is CC1CCN(c2ccc(NC(=O)c3cc(N4CCC(C)CC4)ccn3)cc2)CC1. The summed E-state index contributed by atoms with van der Waals surface area (Å²) >= 11 is 0. The summed E-state index contributed by atoms with van der Waals surface area (Å²) in [5.74, 6) is 1.45. The van der Waals surface area contributed by atoms with Crippen LogP contribution in [0, 0.1) is 11.8 Å². The Morgan fingerprint density at radius 1 is 0.862 bits per heavy atom. The molecule has 4 rings (SSSR count). The Morgan fingerprint density at radius 3 is 2.00 bits per heavy atom. The molecule has 1 aromatic heterocycles. The minimum absolute atomic E-state index is 0.156. The van der Waals surface area contributed by atoms with Gasteiger partial charge in [0.25, 0.3) is 5.91 Å². The number of carbonyl (C=O) groups excluding carboxylic acids is 1. The summed E-state index contributed by atoms with van der Waals surface area (Å²) in [6.07, 6.45) is 6.63. The molecule has 2 aliphatic rings. The Hall–Kier alpha value is -2.56. The molecule has 29 heavy (non-hydrogen) atoms. The predicted molar refractivity (Wildman–Crippen MR) is 120 cm³/mol. The van der Waals surface area contributed by atoms with Crippen LogP contribution in [-0.2, 0) is 0 Å². The number of amides is 1. The van der Waals surface area contributed by atoms with Crippen LogP contribution in [0.25, 0.3) is 0 Å². The van der Waals surface area contributed by atoms with Gasteiger partial charge in [-0.2, -0.15) is 0 Å². The van der Waals surface area contributed by atoms with Gasteiger partial charge in [-0.1, -0.05) is 13.8 Å². The number of pyridine rings is 1. The van der Waals surface area contributed by atoms with Crippen LogP contribution >= 0.6 is 0 Å². The first-order valence-electron chi connectivity index (χ1n) is 11.0. The van der Waals surface area contributed by atoms with Crippen LogP contribution in [0.3, 0.4) is 0 Å². The average molecular weight is 393 g/mol. The number of anilines is 3. The molecule has 154 valence electrons. The highest BCUT2D eigenvalue weighted by molar-refractivity contribution is 6.03. The lowest BCUT2D eigenvalue weighted by Crippen LogP contribution is -2.33. The molecule has 2 aromatic rings. The molecule has 0 radical (unpaired) electrons. The summed E-state index contributed by atoms with van der Waals surface area (Å²) in [6, 6.07) is 12.1. The first-order valence-corrected chi connectivity index (χ1v) is 11.0. The third kappa shape index (κ3) is 4.89. The molecule has 2 fully saturated rings. The van der Waals surface area contributed by atoms with Crippen molar-refractivity contribution in [2.45, 2.75) is 39.5 Å². The smallest absolute Gasteiger partial charge is 0.274 e. The fourth-order valence-electron chi connectivity index (χ4n) is 4.22. The van der Waals surface area contributed by atoms with Gasteiger partial charge in [-0.25, -0.2) is 0 Å². The number of nitrogens with one attached hydrogen (secondary N) is 1. The maximum Gasteiger partial charge on any atom is 0.274 e. The number of aromatic nitrogens is 1. The molecule has 1 amide bonds. The topological polar surface area (TPSA) is 48.5 Å². The Bertz CT molecular complexity index is 819. The number of hydrogen-bond donors (Lipinski definition) is 1. The highest BCUT2D eigenvalue weighted by Gasteiger charge is 2.18. The van der Waals surface area contributed by atoms with Gasteiger partial charge < -0.3 is 15.1 Å². The number of nitrogens with zero attached hydrogens (tertiary/aromatic N) is 3. The van der Waals surface area contributed by atoms with Crippen molar-refractivity contribution in [2.75, 3.05) is 41.3 Å². The van der Waals surface area contributed by atoms with Crippen LogP contribution in [0.2, 0.25) is 0 Å². The van der Waals surface area contributed by atoms with Crippen molar-refractivity contribution in [3.8, 4) is 0 Å². The fourth-order valence-corrected chi connectivity index (χ4v) is 4.22.